The Balaban J connectivity index is 1.04. The summed E-state index contributed by atoms with van der Waals surface area (Å²) < 4.78 is 4.88. The Bertz CT molecular complexity index is 4030. The van der Waals surface area contributed by atoms with Crippen molar-refractivity contribution in [2.24, 2.45) is 0 Å². The number of nitrogens with zero attached hydrogens (tertiary/aromatic N) is 2. The third kappa shape index (κ3) is 6.48. The van der Waals surface area contributed by atoms with Crippen LogP contribution in [-0.2, 0) is 5.41 Å². The highest BCUT2D eigenvalue weighted by molar-refractivity contribution is 6.12. The van der Waals surface area contributed by atoms with Crippen LogP contribution in [0.1, 0.15) is 36.2 Å². The lowest BCUT2D eigenvalue weighted by Crippen LogP contribution is -2.14. The fourth-order valence-corrected chi connectivity index (χ4v) is 11.7. The molecule has 0 fully saturated rings. The molecular weight excluding hydrogens is 845 g/mol. The van der Waals surface area contributed by atoms with Crippen LogP contribution in [0.4, 0.5) is 0 Å². The van der Waals surface area contributed by atoms with E-state index in [9.17, 15) is 0 Å². The lowest BCUT2D eigenvalue weighted by Gasteiger charge is -2.22. The minimum Gasteiger partial charge on any atom is -0.310 e. The largest absolute Gasteiger partial charge is 0.310 e. The van der Waals surface area contributed by atoms with E-state index >= 15 is 0 Å². The molecule has 2 heteroatoms. The standard InChI is InChI=1S/C68H50N2/c1-5-63-44(2)54-36-35-48(45-21-9-6-10-22-45)41-65(54)69(63)52-29-19-27-49(37-52)57-39-51(46-23-11-7-12-24-46)40-58(67(57)47-25-13-8-14-26-47)50-28-20-30-53(38-50)70-64-34-18-16-32-56(64)60-42-59-55-31-15-17-33-61(55)68(3,4)62(59)43-66(60)70/h5-43H,1H2,2-4H3. The number of aryl methyl sites for hydroxylation is 1. The first-order valence-corrected chi connectivity index (χ1v) is 24.4. The number of para-hydroxylation sites is 1. The highest BCUT2D eigenvalue weighted by atomic mass is 15.0. The Morgan fingerprint density at radius 2 is 0.914 bits per heavy atom. The fourth-order valence-electron chi connectivity index (χ4n) is 11.7. The maximum Gasteiger partial charge on any atom is 0.0544 e. The predicted molar refractivity (Wildman–Crippen MR) is 297 cm³/mol. The summed E-state index contributed by atoms with van der Waals surface area (Å²) in [5.74, 6) is 0. The van der Waals surface area contributed by atoms with Crippen LogP contribution in [0.25, 0.3) is 117 Å². The topological polar surface area (TPSA) is 9.86 Å². The summed E-state index contributed by atoms with van der Waals surface area (Å²) in [7, 11) is 0. The molecule has 10 aromatic carbocycles. The van der Waals surface area contributed by atoms with Gasteiger partial charge in [0.15, 0.2) is 0 Å². The molecule has 0 bridgehead atoms. The zero-order valence-electron chi connectivity index (χ0n) is 39.6. The highest BCUT2D eigenvalue weighted by Crippen LogP contribution is 2.51. The number of rotatable bonds is 8. The van der Waals surface area contributed by atoms with E-state index in [2.05, 4.69) is 267 Å². The maximum absolute atomic E-state index is 4.34. The number of fused-ring (bicyclic) bond motifs is 7. The lowest BCUT2D eigenvalue weighted by atomic mass is 9.82. The molecule has 0 atom stereocenters. The molecule has 12 aromatic rings. The molecule has 332 valence electrons. The third-order valence-corrected chi connectivity index (χ3v) is 15.1. The molecule has 2 nitrogen and oxygen atoms in total. The van der Waals surface area contributed by atoms with Crippen molar-refractivity contribution in [1.29, 1.82) is 0 Å². The number of hydrogen-bond acceptors (Lipinski definition) is 0. The molecular formula is C68H50N2. The van der Waals surface area contributed by atoms with Gasteiger partial charge in [-0.25, -0.2) is 0 Å². The molecule has 0 unspecified atom stereocenters. The van der Waals surface area contributed by atoms with Crippen LogP contribution in [0.15, 0.2) is 237 Å². The normalized spacial score (nSPS) is 12.7. The van der Waals surface area contributed by atoms with Crippen LogP contribution in [0.3, 0.4) is 0 Å². The Hall–Kier alpha value is -8.72. The number of aromatic nitrogens is 2. The van der Waals surface area contributed by atoms with Gasteiger partial charge in [-0.15, -0.1) is 0 Å². The van der Waals surface area contributed by atoms with E-state index in [1.807, 2.05) is 6.08 Å². The minimum absolute atomic E-state index is 0.120. The molecule has 13 rings (SSSR count). The van der Waals surface area contributed by atoms with Crippen LogP contribution in [0.2, 0.25) is 0 Å². The van der Waals surface area contributed by atoms with Gasteiger partial charge >= 0.3 is 0 Å². The van der Waals surface area contributed by atoms with Crippen molar-refractivity contribution in [2.45, 2.75) is 26.2 Å². The Labute approximate surface area is 409 Å². The van der Waals surface area contributed by atoms with Gasteiger partial charge in [-0.1, -0.05) is 190 Å². The number of benzene rings is 10. The van der Waals surface area contributed by atoms with Crippen LogP contribution in [0, 0.1) is 6.92 Å². The van der Waals surface area contributed by atoms with Gasteiger partial charge in [0.1, 0.15) is 0 Å². The zero-order valence-corrected chi connectivity index (χ0v) is 39.6. The monoisotopic (exact) mass is 894 g/mol. The smallest absolute Gasteiger partial charge is 0.0544 e. The van der Waals surface area contributed by atoms with Gasteiger partial charge in [0.05, 0.1) is 16.6 Å². The third-order valence-electron chi connectivity index (χ3n) is 15.1. The molecule has 2 aromatic heterocycles. The summed E-state index contributed by atoms with van der Waals surface area (Å²) in [6.45, 7) is 11.3. The Morgan fingerprint density at radius 1 is 0.357 bits per heavy atom. The Kier molecular flexibility index (Phi) is 9.61. The summed E-state index contributed by atoms with van der Waals surface area (Å²) >= 11 is 0. The average Bonchev–Trinajstić information content (AvgIpc) is 3.99. The summed E-state index contributed by atoms with van der Waals surface area (Å²) in [6.07, 6.45) is 2.01. The molecule has 1 aliphatic rings. The first-order valence-electron chi connectivity index (χ1n) is 24.4. The second kappa shape index (κ2) is 16.2. The van der Waals surface area contributed by atoms with Crippen molar-refractivity contribution in [3.8, 4) is 78.1 Å². The first kappa shape index (κ1) is 41.5. The van der Waals surface area contributed by atoms with Crippen molar-refractivity contribution in [2.75, 3.05) is 0 Å². The highest BCUT2D eigenvalue weighted by Gasteiger charge is 2.36. The van der Waals surface area contributed by atoms with E-state index < -0.39 is 0 Å². The Morgan fingerprint density at radius 3 is 1.59 bits per heavy atom. The molecule has 1 aliphatic carbocycles. The summed E-state index contributed by atoms with van der Waals surface area (Å²) in [4.78, 5) is 0. The van der Waals surface area contributed by atoms with Crippen molar-refractivity contribution < 1.29 is 0 Å². The molecule has 0 spiro atoms. The van der Waals surface area contributed by atoms with E-state index in [1.165, 1.54) is 94.0 Å². The summed E-state index contributed by atoms with van der Waals surface area (Å²) in [6, 6.07) is 85.2. The molecule has 0 N–H and O–H groups in total. The van der Waals surface area contributed by atoms with Crippen molar-refractivity contribution in [3.05, 3.63) is 259 Å². The van der Waals surface area contributed by atoms with Gasteiger partial charge in [0.25, 0.3) is 0 Å². The average molecular weight is 895 g/mol. The van der Waals surface area contributed by atoms with Crippen molar-refractivity contribution in [1.82, 2.24) is 9.13 Å². The minimum atomic E-state index is -0.120. The van der Waals surface area contributed by atoms with Gasteiger partial charge in [-0.05, 0) is 157 Å². The first-order chi connectivity index (χ1) is 34.4. The van der Waals surface area contributed by atoms with Gasteiger partial charge < -0.3 is 9.13 Å². The molecule has 2 heterocycles. The molecule has 0 saturated carbocycles. The number of hydrogen-bond donors (Lipinski definition) is 0. The molecule has 70 heavy (non-hydrogen) atoms. The van der Waals surface area contributed by atoms with Gasteiger partial charge in [-0.2, -0.15) is 0 Å². The maximum atomic E-state index is 4.34. The van der Waals surface area contributed by atoms with Crippen LogP contribution in [0.5, 0.6) is 0 Å². The lowest BCUT2D eigenvalue weighted by molar-refractivity contribution is 0.661. The second-order valence-corrected chi connectivity index (χ2v) is 19.4. The fraction of sp³-hybridized carbons (Fsp3) is 0.0588. The van der Waals surface area contributed by atoms with E-state index in [0.717, 1.165) is 39.3 Å². The molecule has 0 saturated heterocycles. The SMILES string of the molecule is C=Cc1c(C)c2ccc(-c3ccccc3)cc2n1-c1cccc(-c2cc(-c3ccccc3)cc(-c3cccc(-n4c5ccccc5c5cc6c(cc54)C(C)(C)c4ccccc4-6)c3)c2-c2ccccc2)c1. The van der Waals surface area contributed by atoms with Gasteiger partial charge in [0, 0.05) is 38.6 Å². The van der Waals surface area contributed by atoms with Crippen LogP contribution < -0.4 is 0 Å². The zero-order chi connectivity index (χ0) is 47.1. The van der Waals surface area contributed by atoms with E-state index in [4.69, 9.17) is 0 Å². The van der Waals surface area contributed by atoms with E-state index in [0.29, 0.717) is 0 Å². The van der Waals surface area contributed by atoms with Crippen molar-refractivity contribution >= 4 is 38.8 Å². The summed E-state index contributed by atoms with van der Waals surface area (Å²) in [5, 5.41) is 3.75. The van der Waals surface area contributed by atoms with Crippen LogP contribution >= 0.6 is 0 Å². The summed E-state index contributed by atoms with van der Waals surface area (Å²) in [5.41, 5.74) is 25.1. The quantitative estimate of drug-likeness (QED) is 0.144. The van der Waals surface area contributed by atoms with E-state index in [1.54, 1.807) is 0 Å². The second-order valence-electron chi connectivity index (χ2n) is 19.4. The molecule has 0 radical (unpaired) electrons. The van der Waals surface area contributed by atoms with Gasteiger partial charge in [-0.3, -0.25) is 0 Å². The molecule has 0 amide bonds. The van der Waals surface area contributed by atoms with Crippen molar-refractivity contribution in [3.63, 3.8) is 0 Å². The molecule has 0 aliphatic heterocycles. The predicted octanol–water partition coefficient (Wildman–Crippen LogP) is 18.3. The van der Waals surface area contributed by atoms with Gasteiger partial charge in [0.2, 0.25) is 0 Å². The van der Waals surface area contributed by atoms with E-state index in [-0.39, 0.29) is 5.41 Å². The van der Waals surface area contributed by atoms with Crippen LogP contribution in [-0.4, -0.2) is 9.13 Å².